The summed E-state index contributed by atoms with van der Waals surface area (Å²) >= 11 is 6.17. The van der Waals surface area contributed by atoms with E-state index in [0.29, 0.717) is 35.4 Å². The van der Waals surface area contributed by atoms with Crippen molar-refractivity contribution in [2.24, 2.45) is 17.3 Å². The van der Waals surface area contributed by atoms with Gasteiger partial charge >= 0.3 is 23.9 Å². The van der Waals surface area contributed by atoms with Crippen LogP contribution >= 0.6 is 11.6 Å². The molecule has 4 aliphatic rings. The largest absolute Gasteiger partial charge is 0.481 e. The van der Waals surface area contributed by atoms with E-state index in [2.05, 4.69) is 17.4 Å². The van der Waals surface area contributed by atoms with Gasteiger partial charge in [0.05, 0.1) is 31.1 Å². The molecular formula is C33H36ClNO9. The summed E-state index contributed by atoms with van der Waals surface area (Å²) in [6, 6.07) is 12.7. The number of carboxylic acids is 2. The molecule has 6 rings (SSSR count). The molecule has 2 aromatic rings. The molecule has 0 saturated heterocycles. The van der Waals surface area contributed by atoms with Crippen LogP contribution in [0.4, 0.5) is 0 Å². The zero-order valence-corrected chi connectivity index (χ0v) is 25.1. The molecule has 0 heterocycles. The molecule has 0 spiro atoms. The number of benzene rings is 2. The fraction of sp³-hybridized carbons (Fsp3) is 0.485. The number of carbonyl (C=O) groups excluding carboxylic acids is 3. The van der Waals surface area contributed by atoms with Crippen LogP contribution in [-0.2, 0) is 35.8 Å². The molecule has 4 saturated carbocycles. The quantitative estimate of drug-likeness (QED) is 0.204. The summed E-state index contributed by atoms with van der Waals surface area (Å²) in [6.07, 6.45) is 4.76. The molecule has 2 atom stereocenters. The van der Waals surface area contributed by atoms with E-state index < -0.39 is 42.1 Å². The van der Waals surface area contributed by atoms with Crippen molar-refractivity contribution in [2.45, 2.75) is 76.0 Å². The predicted octanol–water partition coefficient (Wildman–Crippen LogP) is 5.08. The minimum absolute atomic E-state index is 0.0108. The maximum absolute atomic E-state index is 13.8. The molecule has 10 nitrogen and oxygen atoms in total. The molecular weight excluding hydrogens is 590 g/mol. The van der Waals surface area contributed by atoms with Gasteiger partial charge in [-0.15, -0.1) is 0 Å². The van der Waals surface area contributed by atoms with E-state index in [0.717, 1.165) is 32.1 Å². The van der Waals surface area contributed by atoms with Gasteiger partial charge in [-0.2, -0.15) is 0 Å². The highest BCUT2D eigenvalue weighted by Crippen LogP contribution is 2.65. The number of hydrogen-bond acceptors (Lipinski definition) is 7. The molecule has 0 aliphatic heterocycles. The Morgan fingerprint density at radius 1 is 0.795 bits per heavy atom. The highest BCUT2D eigenvalue weighted by Gasteiger charge is 2.60. The molecule has 4 fully saturated rings. The number of carboxylic acid groups (broad SMARTS) is 2. The lowest BCUT2D eigenvalue weighted by Gasteiger charge is -2.61. The zero-order valence-electron chi connectivity index (χ0n) is 24.3. The molecule has 1 amide bonds. The van der Waals surface area contributed by atoms with E-state index in [4.69, 9.17) is 31.3 Å². The van der Waals surface area contributed by atoms with E-state index in [-0.39, 0.29) is 35.7 Å². The number of carbonyl (C=O) groups is 5. The number of halogens is 1. The summed E-state index contributed by atoms with van der Waals surface area (Å²) in [6.45, 7) is 0.341. The van der Waals surface area contributed by atoms with Crippen LogP contribution in [0.25, 0.3) is 0 Å². The Hall–Kier alpha value is -3.92. The second kappa shape index (κ2) is 13.0. The van der Waals surface area contributed by atoms with Crippen molar-refractivity contribution in [1.82, 2.24) is 5.32 Å². The van der Waals surface area contributed by atoms with Gasteiger partial charge in [-0.3, -0.25) is 24.0 Å². The van der Waals surface area contributed by atoms with Gasteiger partial charge in [0.2, 0.25) is 5.91 Å². The predicted molar refractivity (Wildman–Crippen MR) is 158 cm³/mol. The Bertz CT molecular complexity index is 1440. The molecule has 0 radical (unpaired) electrons. The standard InChI is InChI=1S/C33H36ClNO9/c34-24-4-2-23(3-5-24)32-15-21-13-22(16-32)18-33(17-21,19-32)31(42)35-12-11-20-1-6-25(43-29(40)9-7-27(36)37)26(14-20)44-30(41)10-8-28(38)39/h1-6,14,21-22H,7-13,15-19H2,(H,35,42)(H,36,37)(H,38,39). The van der Waals surface area contributed by atoms with E-state index in [1.165, 1.54) is 24.1 Å². The first-order valence-corrected chi connectivity index (χ1v) is 15.4. The van der Waals surface area contributed by atoms with Crippen molar-refractivity contribution < 1.29 is 43.7 Å². The minimum Gasteiger partial charge on any atom is -0.481 e. The first-order valence-electron chi connectivity index (χ1n) is 15.0. The number of amides is 1. The Kier molecular flexibility index (Phi) is 9.29. The molecule has 3 N–H and O–H groups in total. The zero-order chi connectivity index (χ0) is 31.5. The van der Waals surface area contributed by atoms with Crippen LogP contribution in [0.2, 0.25) is 5.02 Å². The highest BCUT2D eigenvalue weighted by atomic mass is 35.5. The fourth-order valence-corrected chi connectivity index (χ4v) is 7.94. The maximum Gasteiger partial charge on any atom is 0.311 e. The molecule has 2 aromatic carbocycles. The van der Waals surface area contributed by atoms with E-state index in [1.54, 1.807) is 6.07 Å². The minimum atomic E-state index is -1.16. The second-order valence-electron chi connectivity index (χ2n) is 12.6. The Labute approximate surface area is 260 Å². The third-order valence-electron chi connectivity index (χ3n) is 9.24. The lowest BCUT2D eigenvalue weighted by atomic mass is 9.42. The molecule has 0 aromatic heterocycles. The molecule has 2 unspecified atom stereocenters. The summed E-state index contributed by atoms with van der Waals surface area (Å²) in [5, 5.41) is 21.6. The van der Waals surface area contributed by atoms with Crippen molar-refractivity contribution in [2.75, 3.05) is 6.54 Å². The molecule has 4 bridgehead atoms. The van der Waals surface area contributed by atoms with Gasteiger partial charge in [0.1, 0.15) is 0 Å². The number of nitrogens with one attached hydrogen (secondary N) is 1. The Morgan fingerprint density at radius 2 is 1.39 bits per heavy atom. The van der Waals surface area contributed by atoms with Gasteiger partial charge in [0, 0.05) is 11.6 Å². The fourth-order valence-electron chi connectivity index (χ4n) is 7.81. The topological polar surface area (TPSA) is 156 Å². The van der Waals surface area contributed by atoms with Crippen LogP contribution in [0.15, 0.2) is 42.5 Å². The van der Waals surface area contributed by atoms with Gasteiger partial charge in [0.25, 0.3) is 0 Å². The van der Waals surface area contributed by atoms with Gasteiger partial charge in [-0.25, -0.2) is 0 Å². The van der Waals surface area contributed by atoms with Gasteiger partial charge < -0.3 is 25.0 Å². The van der Waals surface area contributed by atoms with E-state index in [1.807, 2.05) is 12.1 Å². The van der Waals surface area contributed by atoms with Crippen molar-refractivity contribution in [1.29, 1.82) is 0 Å². The number of rotatable bonds is 13. The molecule has 234 valence electrons. The molecule has 4 aliphatic carbocycles. The first-order chi connectivity index (χ1) is 20.9. The third-order valence-corrected chi connectivity index (χ3v) is 9.49. The SMILES string of the molecule is O=C(O)CCC(=O)Oc1ccc(CCNC(=O)C23CC4CC(C2)CC(c2ccc(Cl)cc2)(C4)C3)cc1OC(=O)CCC(=O)O. The van der Waals surface area contributed by atoms with Crippen LogP contribution in [0.1, 0.15) is 75.3 Å². The number of esters is 2. The Balaban J connectivity index is 1.25. The van der Waals surface area contributed by atoms with Crippen molar-refractivity contribution in [3.8, 4) is 11.5 Å². The van der Waals surface area contributed by atoms with Gasteiger partial charge in [-0.1, -0.05) is 29.8 Å². The van der Waals surface area contributed by atoms with Crippen LogP contribution < -0.4 is 14.8 Å². The van der Waals surface area contributed by atoms with Gasteiger partial charge in [-0.05, 0) is 97.6 Å². The normalized spacial score (nSPS) is 24.8. The third kappa shape index (κ3) is 7.23. The average Bonchev–Trinajstić information content (AvgIpc) is 2.96. The van der Waals surface area contributed by atoms with Crippen molar-refractivity contribution in [3.63, 3.8) is 0 Å². The number of aliphatic carboxylic acids is 2. The van der Waals surface area contributed by atoms with Crippen LogP contribution in [0, 0.1) is 17.3 Å². The number of ether oxygens (including phenoxy) is 2. The van der Waals surface area contributed by atoms with Crippen LogP contribution in [-0.4, -0.2) is 46.5 Å². The Morgan fingerprint density at radius 3 is 1.98 bits per heavy atom. The molecule has 11 heteroatoms. The van der Waals surface area contributed by atoms with Crippen molar-refractivity contribution >= 4 is 41.4 Å². The number of hydrogen-bond donors (Lipinski definition) is 3. The summed E-state index contributed by atoms with van der Waals surface area (Å²) in [5.74, 6) is -3.04. The molecule has 44 heavy (non-hydrogen) atoms. The van der Waals surface area contributed by atoms with Gasteiger partial charge in [0.15, 0.2) is 11.5 Å². The second-order valence-corrected chi connectivity index (χ2v) is 13.0. The lowest BCUT2D eigenvalue weighted by molar-refractivity contribution is -0.149. The monoisotopic (exact) mass is 625 g/mol. The van der Waals surface area contributed by atoms with Crippen molar-refractivity contribution in [3.05, 3.63) is 58.6 Å². The van der Waals surface area contributed by atoms with Crippen LogP contribution in [0.5, 0.6) is 11.5 Å². The average molecular weight is 626 g/mol. The highest BCUT2D eigenvalue weighted by molar-refractivity contribution is 6.30. The lowest BCUT2D eigenvalue weighted by Crippen LogP contribution is -2.59. The smallest absolute Gasteiger partial charge is 0.311 e. The summed E-state index contributed by atoms with van der Waals surface area (Å²) < 4.78 is 10.6. The van der Waals surface area contributed by atoms with E-state index in [9.17, 15) is 24.0 Å². The van der Waals surface area contributed by atoms with Crippen LogP contribution in [0.3, 0.4) is 0 Å². The maximum atomic E-state index is 13.8. The summed E-state index contributed by atoms with van der Waals surface area (Å²) in [4.78, 5) is 59.9. The summed E-state index contributed by atoms with van der Waals surface area (Å²) in [7, 11) is 0. The first kappa shape index (κ1) is 31.5. The summed E-state index contributed by atoms with van der Waals surface area (Å²) in [5.41, 5.74) is 1.54. The van der Waals surface area contributed by atoms with E-state index >= 15 is 0 Å².